The van der Waals surface area contributed by atoms with Crippen LogP contribution in [-0.2, 0) is 0 Å². The summed E-state index contributed by atoms with van der Waals surface area (Å²) in [6.07, 6.45) is 13.0. The topological polar surface area (TPSA) is 101 Å². The third-order valence-corrected chi connectivity index (χ3v) is 7.17. The normalized spacial score (nSPS) is 14.8. The van der Waals surface area contributed by atoms with Crippen molar-refractivity contribution >= 4 is 34.2 Å². The molecule has 0 atom stereocenters. The quantitative estimate of drug-likeness (QED) is 0.245. The number of hydrogen-bond donors (Lipinski definition) is 1. The summed E-state index contributed by atoms with van der Waals surface area (Å²) in [6, 6.07) is 11.4. The molecular weight excluding hydrogens is 521 g/mol. The van der Waals surface area contributed by atoms with Crippen molar-refractivity contribution in [2.75, 3.05) is 18.4 Å². The van der Waals surface area contributed by atoms with E-state index in [4.69, 9.17) is 9.40 Å². The molecule has 1 amide bonds. The number of nitrogens with zero attached hydrogens (tertiary/aromatic N) is 6. The van der Waals surface area contributed by atoms with E-state index in [-0.39, 0.29) is 11.9 Å². The van der Waals surface area contributed by atoms with Gasteiger partial charge in [-0.3, -0.25) is 14.2 Å². The van der Waals surface area contributed by atoms with Gasteiger partial charge in [-0.25, -0.2) is 14.4 Å². The standard InChI is InChI=1S/C31H28FN7O2/c1-3-21(10-9-20(2)32)27-28(39-18-19-41-31(39)37-27)25-11-15-34-30(36-25)35-23-12-16-38(17-13-23)29(40)24-8-4-6-22-7-5-14-33-26(22)24/h3-11,14-15,18-19,23H,2,12-13,16-17H2,1H3,(H,34,35,36)/b10-9-,21-3+. The van der Waals surface area contributed by atoms with Crippen LogP contribution in [0, 0.1) is 0 Å². The third-order valence-electron chi connectivity index (χ3n) is 7.17. The van der Waals surface area contributed by atoms with Gasteiger partial charge in [0.1, 0.15) is 23.5 Å². The van der Waals surface area contributed by atoms with Crippen molar-refractivity contribution < 1.29 is 13.6 Å². The fourth-order valence-corrected chi connectivity index (χ4v) is 5.14. The van der Waals surface area contributed by atoms with E-state index in [1.807, 2.05) is 48.2 Å². The number of carbonyl (C=O) groups is 1. The van der Waals surface area contributed by atoms with Crippen molar-refractivity contribution in [3.63, 3.8) is 0 Å². The number of carbonyl (C=O) groups excluding carboxylic acids is 1. The third kappa shape index (κ3) is 5.23. The molecule has 1 aromatic carbocycles. The number of para-hydroxylation sites is 1. The predicted octanol–water partition coefficient (Wildman–Crippen LogP) is 6.09. The van der Waals surface area contributed by atoms with E-state index in [0.717, 1.165) is 23.7 Å². The van der Waals surface area contributed by atoms with Gasteiger partial charge in [-0.1, -0.05) is 36.9 Å². The van der Waals surface area contributed by atoms with Gasteiger partial charge in [0, 0.05) is 43.1 Å². The summed E-state index contributed by atoms with van der Waals surface area (Å²) in [4.78, 5) is 33.5. The second-order valence-corrected chi connectivity index (χ2v) is 9.75. The first-order valence-corrected chi connectivity index (χ1v) is 13.4. The Bertz CT molecular complexity index is 1810. The predicted molar refractivity (Wildman–Crippen MR) is 156 cm³/mol. The van der Waals surface area contributed by atoms with Crippen LogP contribution in [0.25, 0.3) is 33.7 Å². The van der Waals surface area contributed by atoms with E-state index < -0.39 is 5.83 Å². The number of nitrogens with one attached hydrogen (secondary N) is 1. The van der Waals surface area contributed by atoms with E-state index in [2.05, 4.69) is 26.8 Å². The zero-order chi connectivity index (χ0) is 28.3. The number of hydrogen-bond acceptors (Lipinski definition) is 7. The van der Waals surface area contributed by atoms with Gasteiger partial charge in [0.2, 0.25) is 5.95 Å². The Morgan fingerprint density at radius 2 is 1.93 bits per heavy atom. The molecule has 5 aromatic rings. The van der Waals surface area contributed by atoms with Crippen LogP contribution in [-0.4, -0.2) is 54.3 Å². The minimum absolute atomic E-state index is 0.00597. The van der Waals surface area contributed by atoms with Gasteiger partial charge >= 0.3 is 5.84 Å². The Balaban J connectivity index is 1.19. The zero-order valence-corrected chi connectivity index (χ0v) is 22.5. The number of fused-ring (bicyclic) bond motifs is 2. The van der Waals surface area contributed by atoms with Gasteiger partial charge in [0.05, 0.1) is 16.8 Å². The highest BCUT2D eigenvalue weighted by Crippen LogP contribution is 2.31. The second-order valence-electron chi connectivity index (χ2n) is 9.75. The van der Waals surface area contributed by atoms with E-state index in [1.54, 1.807) is 41.4 Å². The van der Waals surface area contributed by atoms with Gasteiger partial charge < -0.3 is 14.6 Å². The molecule has 4 aromatic heterocycles. The molecule has 0 aliphatic carbocycles. The summed E-state index contributed by atoms with van der Waals surface area (Å²) in [5.74, 6) is 0.315. The fraction of sp³-hybridized carbons (Fsp3) is 0.194. The summed E-state index contributed by atoms with van der Waals surface area (Å²) in [7, 11) is 0. The molecule has 10 heteroatoms. The van der Waals surface area contributed by atoms with Gasteiger partial charge in [0.25, 0.3) is 5.91 Å². The molecule has 1 fully saturated rings. The lowest BCUT2D eigenvalue weighted by Crippen LogP contribution is -2.42. The van der Waals surface area contributed by atoms with E-state index in [1.165, 1.54) is 6.08 Å². The zero-order valence-electron chi connectivity index (χ0n) is 22.5. The number of allylic oxidation sites excluding steroid dienone is 5. The highest BCUT2D eigenvalue weighted by Gasteiger charge is 2.26. The van der Waals surface area contributed by atoms with Gasteiger partial charge in [-0.15, -0.1) is 0 Å². The first-order chi connectivity index (χ1) is 20.0. The van der Waals surface area contributed by atoms with Gasteiger partial charge in [-0.05, 0) is 49.6 Å². The molecular formula is C31H28FN7O2. The van der Waals surface area contributed by atoms with E-state index >= 15 is 0 Å². The lowest BCUT2D eigenvalue weighted by molar-refractivity contribution is 0.0720. The number of pyridine rings is 1. The number of imidazole rings is 1. The lowest BCUT2D eigenvalue weighted by Gasteiger charge is -2.32. The molecule has 0 saturated carbocycles. The first kappa shape index (κ1) is 26.1. The van der Waals surface area contributed by atoms with Crippen molar-refractivity contribution in [1.29, 1.82) is 0 Å². The molecule has 0 unspecified atom stereocenters. The SMILES string of the molecule is C=C(F)/C=C\C(=C/C)c1nc2occn2c1-c1ccnc(NC2CCN(C(=O)c3cccc4cccnc34)CC2)n1. The number of amides is 1. The largest absolute Gasteiger partial charge is 0.432 e. The Labute approximate surface area is 235 Å². The molecule has 5 heterocycles. The molecule has 0 bridgehead atoms. The van der Waals surface area contributed by atoms with Crippen molar-refractivity contribution in [1.82, 2.24) is 29.2 Å². The molecule has 0 spiro atoms. The number of likely N-dealkylation sites (tertiary alicyclic amines) is 1. The molecule has 1 aliphatic rings. The Morgan fingerprint density at radius 1 is 1.10 bits per heavy atom. The number of piperidine rings is 1. The van der Waals surface area contributed by atoms with E-state index in [0.29, 0.717) is 53.1 Å². The average Bonchev–Trinajstić information content (AvgIpc) is 3.59. The van der Waals surface area contributed by atoms with Crippen LogP contribution in [0.3, 0.4) is 0 Å². The number of benzene rings is 1. The summed E-state index contributed by atoms with van der Waals surface area (Å²) in [6.45, 7) is 6.37. The molecule has 0 radical (unpaired) electrons. The minimum atomic E-state index is -0.552. The van der Waals surface area contributed by atoms with Crippen molar-refractivity contribution in [2.24, 2.45) is 0 Å². The summed E-state index contributed by atoms with van der Waals surface area (Å²) in [5, 5.41) is 4.39. The number of aromatic nitrogens is 5. The summed E-state index contributed by atoms with van der Waals surface area (Å²) < 4.78 is 20.7. The average molecular weight is 550 g/mol. The Hall–Kier alpha value is -5.12. The Morgan fingerprint density at radius 3 is 2.73 bits per heavy atom. The highest BCUT2D eigenvalue weighted by molar-refractivity contribution is 6.05. The van der Waals surface area contributed by atoms with Crippen LogP contribution in [0.15, 0.2) is 96.3 Å². The fourth-order valence-electron chi connectivity index (χ4n) is 5.14. The van der Waals surface area contributed by atoms with Crippen LogP contribution >= 0.6 is 0 Å². The molecule has 1 aliphatic heterocycles. The van der Waals surface area contributed by atoms with Crippen molar-refractivity contribution in [3.05, 3.63) is 103 Å². The van der Waals surface area contributed by atoms with Crippen molar-refractivity contribution in [3.8, 4) is 11.4 Å². The van der Waals surface area contributed by atoms with Gasteiger partial charge in [-0.2, -0.15) is 4.98 Å². The maximum absolute atomic E-state index is 13.4. The second kappa shape index (κ2) is 11.2. The minimum Gasteiger partial charge on any atom is -0.432 e. The van der Waals surface area contributed by atoms with Crippen LogP contribution in [0.2, 0.25) is 0 Å². The lowest BCUT2D eigenvalue weighted by atomic mass is 10.0. The highest BCUT2D eigenvalue weighted by atomic mass is 19.1. The van der Waals surface area contributed by atoms with Gasteiger partial charge in [0.15, 0.2) is 0 Å². The monoisotopic (exact) mass is 549 g/mol. The number of rotatable bonds is 7. The molecule has 9 nitrogen and oxygen atoms in total. The molecule has 1 N–H and O–H groups in total. The maximum Gasteiger partial charge on any atom is 0.306 e. The molecule has 1 saturated heterocycles. The van der Waals surface area contributed by atoms with Crippen LogP contribution in [0.1, 0.15) is 35.8 Å². The molecule has 41 heavy (non-hydrogen) atoms. The van der Waals surface area contributed by atoms with Crippen LogP contribution in [0.4, 0.5) is 10.3 Å². The van der Waals surface area contributed by atoms with E-state index in [9.17, 15) is 9.18 Å². The first-order valence-electron chi connectivity index (χ1n) is 13.4. The molecule has 206 valence electrons. The number of halogens is 1. The smallest absolute Gasteiger partial charge is 0.306 e. The van der Waals surface area contributed by atoms with Crippen LogP contribution < -0.4 is 5.32 Å². The Kier molecular flexibility index (Phi) is 7.11. The molecule has 6 rings (SSSR count). The summed E-state index contributed by atoms with van der Waals surface area (Å²) >= 11 is 0. The maximum atomic E-state index is 13.4. The summed E-state index contributed by atoms with van der Waals surface area (Å²) in [5.41, 5.74) is 3.98. The van der Waals surface area contributed by atoms with Crippen LogP contribution in [0.5, 0.6) is 0 Å². The number of anilines is 1. The van der Waals surface area contributed by atoms with Crippen molar-refractivity contribution in [2.45, 2.75) is 25.8 Å². The number of oxazole rings is 1.